The number of carboxylic acid groups (broad SMARTS) is 1. The first kappa shape index (κ1) is 32.8. The van der Waals surface area contributed by atoms with Gasteiger partial charge in [-0.2, -0.15) is 0 Å². The molecule has 1 heterocycles. The first-order chi connectivity index (χ1) is 19.5. The van der Waals surface area contributed by atoms with E-state index in [1.54, 1.807) is 24.3 Å². The molecule has 0 saturated carbocycles. The topological polar surface area (TPSA) is 244 Å². The molecule has 0 aliphatic heterocycles. The number of benzene rings is 1. The van der Waals surface area contributed by atoms with Gasteiger partial charge in [0.1, 0.15) is 18.1 Å². The second kappa shape index (κ2) is 16.6. The first-order valence-electron chi connectivity index (χ1n) is 13.4. The summed E-state index contributed by atoms with van der Waals surface area (Å²) < 4.78 is 0. The Labute approximate surface area is 238 Å². The summed E-state index contributed by atoms with van der Waals surface area (Å²) in [5.41, 5.74) is 18.0. The van der Waals surface area contributed by atoms with E-state index in [0.717, 1.165) is 5.56 Å². The van der Waals surface area contributed by atoms with Crippen LogP contribution >= 0.6 is 0 Å². The quantitative estimate of drug-likeness (QED) is 0.0669. The number of aromatic amines is 1. The maximum atomic E-state index is 13.5. The molecule has 11 N–H and O–H groups in total. The van der Waals surface area contributed by atoms with E-state index >= 15 is 0 Å². The lowest BCUT2D eigenvalue weighted by Crippen LogP contribution is -2.58. The number of aromatic nitrogens is 2. The van der Waals surface area contributed by atoms with E-state index in [0.29, 0.717) is 18.5 Å². The van der Waals surface area contributed by atoms with Gasteiger partial charge in [-0.1, -0.05) is 44.2 Å². The number of aliphatic imine (C=N–C) groups is 1. The number of guanidine groups is 1. The van der Waals surface area contributed by atoms with Crippen LogP contribution in [0, 0.1) is 5.92 Å². The monoisotopic (exact) mass is 571 g/mol. The molecule has 0 saturated heterocycles. The SMILES string of the molecule is CC(C)CC(N)C(=O)NC(CCCN=C(N)N)C(=O)NC(Cc1ccccc1)C(=O)NC(Cc1cnc[nH]1)C(=O)O. The van der Waals surface area contributed by atoms with E-state index in [4.69, 9.17) is 17.2 Å². The van der Waals surface area contributed by atoms with Crippen molar-refractivity contribution in [3.8, 4) is 0 Å². The van der Waals surface area contributed by atoms with Gasteiger partial charge >= 0.3 is 5.97 Å². The molecule has 1 aromatic heterocycles. The second-order valence-electron chi connectivity index (χ2n) is 10.2. The zero-order chi connectivity index (χ0) is 30.4. The molecule has 1 aromatic carbocycles. The second-order valence-corrected chi connectivity index (χ2v) is 10.2. The molecule has 2 rings (SSSR count). The number of rotatable bonds is 17. The molecule has 224 valence electrons. The van der Waals surface area contributed by atoms with Crippen LogP contribution in [0.3, 0.4) is 0 Å². The molecule has 2 aromatic rings. The number of hydrogen-bond acceptors (Lipinski definition) is 7. The lowest BCUT2D eigenvalue weighted by Gasteiger charge is -2.25. The third kappa shape index (κ3) is 12.1. The van der Waals surface area contributed by atoms with Crippen LogP contribution in [0.25, 0.3) is 0 Å². The maximum absolute atomic E-state index is 13.5. The predicted octanol–water partition coefficient (Wildman–Crippen LogP) is -0.839. The fourth-order valence-corrected chi connectivity index (χ4v) is 4.09. The van der Waals surface area contributed by atoms with Crippen LogP contribution in [0.15, 0.2) is 47.8 Å². The average molecular weight is 572 g/mol. The Morgan fingerprint density at radius 3 is 2.17 bits per heavy atom. The standard InChI is InChI=1S/C27H41N9O5/c1-16(2)11-19(28)23(37)34-20(9-6-10-32-27(29)30)24(38)35-21(12-17-7-4-3-5-8-17)25(39)36-22(26(40)41)13-18-14-31-15-33-18/h3-5,7-8,14-16,19-22H,6,9-13,28H2,1-2H3,(H,31,33)(H,34,37)(H,35,38)(H,36,39)(H,40,41)(H4,29,30,32). The van der Waals surface area contributed by atoms with E-state index in [-0.39, 0.29) is 37.7 Å². The van der Waals surface area contributed by atoms with Crippen LogP contribution in [0.2, 0.25) is 0 Å². The number of nitrogens with zero attached hydrogens (tertiary/aromatic N) is 2. The van der Waals surface area contributed by atoms with Crippen molar-refractivity contribution in [2.75, 3.05) is 6.54 Å². The van der Waals surface area contributed by atoms with Crippen LogP contribution in [0.1, 0.15) is 44.4 Å². The third-order valence-corrected chi connectivity index (χ3v) is 6.15. The molecule has 41 heavy (non-hydrogen) atoms. The maximum Gasteiger partial charge on any atom is 0.326 e. The summed E-state index contributed by atoms with van der Waals surface area (Å²) in [7, 11) is 0. The van der Waals surface area contributed by atoms with Crippen LogP contribution in [0.5, 0.6) is 0 Å². The normalized spacial score (nSPS) is 13.9. The zero-order valence-electron chi connectivity index (χ0n) is 23.4. The van der Waals surface area contributed by atoms with Crippen LogP contribution in [-0.4, -0.2) is 75.4 Å². The number of H-pyrrole nitrogens is 1. The Bertz CT molecular complexity index is 1150. The molecule has 0 radical (unpaired) electrons. The average Bonchev–Trinajstić information content (AvgIpc) is 3.42. The highest BCUT2D eigenvalue weighted by Crippen LogP contribution is 2.09. The highest BCUT2D eigenvalue weighted by molar-refractivity contribution is 5.94. The molecule has 0 aliphatic carbocycles. The molecule has 0 aliphatic rings. The number of nitrogens with one attached hydrogen (secondary N) is 4. The highest BCUT2D eigenvalue weighted by atomic mass is 16.4. The van der Waals surface area contributed by atoms with Gasteiger partial charge in [0, 0.05) is 31.3 Å². The number of imidazole rings is 1. The van der Waals surface area contributed by atoms with E-state index in [1.807, 2.05) is 19.9 Å². The van der Waals surface area contributed by atoms with Gasteiger partial charge in [-0.3, -0.25) is 19.4 Å². The minimum Gasteiger partial charge on any atom is -0.480 e. The minimum absolute atomic E-state index is 0.0374. The summed E-state index contributed by atoms with van der Waals surface area (Å²) in [6.45, 7) is 4.08. The first-order valence-corrected chi connectivity index (χ1v) is 13.4. The number of hydrogen-bond donors (Lipinski definition) is 8. The predicted molar refractivity (Wildman–Crippen MR) is 153 cm³/mol. The molecule has 0 fully saturated rings. The summed E-state index contributed by atoms with van der Waals surface area (Å²) in [6.07, 6.45) is 3.85. The van der Waals surface area contributed by atoms with Gasteiger partial charge in [0.05, 0.1) is 12.4 Å². The number of carboxylic acids is 1. The number of nitrogens with two attached hydrogens (primary N) is 3. The van der Waals surface area contributed by atoms with E-state index in [9.17, 15) is 24.3 Å². The number of carbonyl (C=O) groups is 4. The Hall–Kier alpha value is -4.46. The van der Waals surface area contributed by atoms with Crippen molar-refractivity contribution >= 4 is 29.7 Å². The van der Waals surface area contributed by atoms with Crippen LogP contribution in [0.4, 0.5) is 0 Å². The number of carbonyl (C=O) groups excluding carboxylic acids is 3. The van der Waals surface area contributed by atoms with Crippen molar-refractivity contribution in [2.45, 2.75) is 70.1 Å². The van der Waals surface area contributed by atoms with Gasteiger partial charge in [-0.25, -0.2) is 9.78 Å². The van der Waals surface area contributed by atoms with Crippen LogP contribution in [-0.2, 0) is 32.0 Å². The Morgan fingerprint density at radius 1 is 0.951 bits per heavy atom. The van der Waals surface area contributed by atoms with Crippen LogP contribution < -0.4 is 33.2 Å². The van der Waals surface area contributed by atoms with E-state index in [1.165, 1.54) is 12.5 Å². The zero-order valence-corrected chi connectivity index (χ0v) is 23.4. The molecular weight excluding hydrogens is 530 g/mol. The summed E-state index contributed by atoms with van der Waals surface area (Å²) >= 11 is 0. The summed E-state index contributed by atoms with van der Waals surface area (Å²) in [5, 5.41) is 17.6. The largest absolute Gasteiger partial charge is 0.480 e. The van der Waals surface area contributed by atoms with Gasteiger partial charge in [0.2, 0.25) is 17.7 Å². The molecule has 3 amide bonds. The van der Waals surface area contributed by atoms with Crippen molar-refractivity contribution in [3.63, 3.8) is 0 Å². The molecule has 0 bridgehead atoms. The van der Waals surface area contributed by atoms with Crippen molar-refractivity contribution < 1.29 is 24.3 Å². The Balaban J connectivity index is 2.24. The Morgan fingerprint density at radius 2 is 1.59 bits per heavy atom. The molecule has 14 heteroatoms. The van der Waals surface area contributed by atoms with E-state index < -0.39 is 47.9 Å². The minimum atomic E-state index is -1.28. The number of amides is 3. The Kier molecular flexibility index (Phi) is 13.3. The van der Waals surface area contributed by atoms with E-state index in [2.05, 4.69) is 30.9 Å². The molecular formula is C27H41N9O5. The fourth-order valence-electron chi connectivity index (χ4n) is 4.09. The summed E-state index contributed by atoms with van der Waals surface area (Å²) in [6, 6.07) is 4.66. The fraction of sp³-hybridized carbons (Fsp3) is 0.481. The lowest BCUT2D eigenvalue weighted by molar-refractivity contribution is -0.142. The van der Waals surface area contributed by atoms with Gasteiger partial charge in [0.25, 0.3) is 0 Å². The lowest BCUT2D eigenvalue weighted by atomic mass is 10.0. The molecule has 4 unspecified atom stereocenters. The van der Waals surface area contributed by atoms with Gasteiger partial charge in [0.15, 0.2) is 5.96 Å². The van der Waals surface area contributed by atoms with Crippen molar-refractivity contribution in [2.24, 2.45) is 28.1 Å². The van der Waals surface area contributed by atoms with Crippen molar-refractivity contribution in [1.29, 1.82) is 0 Å². The third-order valence-electron chi connectivity index (χ3n) is 6.15. The highest BCUT2D eigenvalue weighted by Gasteiger charge is 2.30. The van der Waals surface area contributed by atoms with Gasteiger partial charge in [-0.05, 0) is 30.7 Å². The van der Waals surface area contributed by atoms with Crippen molar-refractivity contribution in [1.82, 2.24) is 25.9 Å². The smallest absolute Gasteiger partial charge is 0.326 e. The van der Waals surface area contributed by atoms with Gasteiger partial charge < -0.3 is 43.2 Å². The summed E-state index contributed by atoms with van der Waals surface area (Å²) in [4.78, 5) is 62.1. The van der Waals surface area contributed by atoms with Gasteiger partial charge in [-0.15, -0.1) is 0 Å². The van der Waals surface area contributed by atoms with Crippen molar-refractivity contribution in [3.05, 3.63) is 54.1 Å². The number of aliphatic carboxylic acids is 1. The molecule has 14 nitrogen and oxygen atoms in total. The molecule has 4 atom stereocenters. The summed E-state index contributed by atoms with van der Waals surface area (Å²) in [5.74, 6) is -3.02. The molecule has 0 spiro atoms.